The Balaban J connectivity index is 0.00000324. The first-order valence-corrected chi connectivity index (χ1v) is 6.64. The molecule has 0 amide bonds. The number of aliphatic hydroxyl groups is 2. The predicted molar refractivity (Wildman–Crippen MR) is 82.1 cm³/mol. The Hall–Kier alpha value is -0.330. The van der Waals surface area contributed by atoms with E-state index in [0.717, 1.165) is 10.2 Å². The number of aliphatic hydroxyl groups excluding tert-OH is 2. The molecule has 3 N–H and O–H groups in total. The number of hydrogen-bond acceptors (Lipinski definition) is 4. The lowest BCUT2D eigenvalue weighted by Crippen LogP contribution is -2.47. The first-order valence-electron chi connectivity index (χ1n) is 5.85. The topological polar surface area (TPSA) is 61.7 Å². The molecule has 0 bridgehead atoms. The van der Waals surface area contributed by atoms with Crippen LogP contribution < -0.4 is 10.1 Å². The summed E-state index contributed by atoms with van der Waals surface area (Å²) in [5.74, 6) is 0.721. The monoisotopic (exact) mass is 353 g/mol. The largest absolute Gasteiger partial charge is 0.491 e. The van der Waals surface area contributed by atoms with E-state index in [9.17, 15) is 5.11 Å². The van der Waals surface area contributed by atoms with Crippen molar-refractivity contribution in [2.45, 2.75) is 25.5 Å². The molecule has 4 nitrogen and oxygen atoms in total. The van der Waals surface area contributed by atoms with Crippen LogP contribution in [0.3, 0.4) is 0 Å². The van der Waals surface area contributed by atoms with Gasteiger partial charge in [-0.3, -0.25) is 0 Å². The Bertz CT molecular complexity index is 359. The fraction of sp³-hybridized carbons (Fsp3) is 0.538. The highest BCUT2D eigenvalue weighted by Gasteiger charge is 2.17. The van der Waals surface area contributed by atoms with Crippen LogP contribution in [-0.4, -0.2) is 41.6 Å². The summed E-state index contributed by atoms with van der Waals surface area (Å²) >= 11 is 3.34. The maximum absolute atomic E-state index is 9.75. The van der Waals surface area contributed by atoms with E-state index in [2.05, 4.69) is 21.2 Å². The summed E-state index contributed by atoms with van der Waals surface area (Å²) in [7, 11) is 0. The van der Waals surface area contributed by atoms with Crippen molar-refractivity contribution in [3.63, 3.8) is 0 Å². The van der Waals surface area contributed by atoms with Gasteiger partial charge in [0.05, 0.1) is 6.61 Å². The average molecular weight is 355 g/mol. The van der Waals surface area contributed by atoms with E-state index in [1.54, 1.807) is 0 Å². The molecule has 0 aliphatic heterocycles. The van der Waals surface area contributed by atoms with Crippen LogP contribution in [0.15, 0.2) is 28.7 Å². The highest BCUT2D eigenvalue weighted by atomic mass is 79.9. The summed E-state index contributed by atoms with van der Waals surface area (Å²) in [5, 5.41) is 21.9. The molecule has 1 rings (SSSR count). The second-order valence-corrected chi connectivity index (χ2v) is 5.76. The molecule has 0 aromatic heterocycles. The molecule has 0 aliphatic rings. The van der Waals surface area contributed by atoms with Crippen molar-refractivity contribution in [3.8, 4) is 5.75 Å². The number of ether oxygens (including phenoxy) is 1. The van der Waals surface area contributed by atoms with Crippen LogP contribution in [-0.2, 0) is 0 Å². The lowest BCUT2D eigenvalue weighted by molar-refractivity contribution is 0.0906. The average Bonchev–Trinajstić information content (AvgIpc) is 2.36. The normalized spacial score (nSPS) is 12.7. The molecule has 110 valence electrons. The Kier molecular flexibility index (Phi) is 8.61. The fourth-order valence-electron chi connectivity index (χ4n) is 1.23. The quantitative estimate of drug-likeness (QED) is 0.700. The smallest absolute Gasteiger partial charge is 0.119 e. The first-order chi connectivity index (χ1) is 8.43. The maximum atomic E-state index is 9.75. The molecule has 0 fully saturated rings. The third kappa shape index (κ3) is 7.74. The Morgan fingerprint density at radius 3 is 2.42 bits per heavy atom. The molecule has 0 heterocycles. The molecule has 1 atom stereocenters. The van der Waals surface area contributed by atoms with Gasteiger partial charge in [-0.1, -0.05) is 15.9 Å². The number of hydrogen-bond donors (Lipinski definition) is 3. The van der Waals surface area contributed by atoms with Crippen LogP contribution in [0.2, 0.25) is 0 Å². The standard InChI is InChI=1S/C13H20BrNO3.ClH/c1-13(2,9-16)15-7-11(17)8-18-12-5-3-10(14)4-6-12;/h3-6,11,15-17H,7-9H2,1-2H3;1H. The minimum Gasteiger partial charge on any atom is -0.491 e. The molecule has 19 heavy (non-hydrogen) atoms. The molecule has 0 saturated carbocycles. The van der Waals surface area contributed by atoms with Crippen molar-refractivity contribution in [2.75, 3.05) is 19.8 Å². The van der Waals surface area contributed by atoms with E-state index in [1.807, 2.05) is 38.1 Å². The van der Waals surface area contributed by atoms with Gasteiger partial charge in [0.25, 0.3) is 0 Å². The van der Waals surface area contributed by atoms with Crippen LogP contribution in [0.5, 0.6) is 5.75 Å². The number of benzene rings is 1. The molecule has 1 aromatic rings. The lowest BCUT2D eigenvalue weighted by Gasteiger charge is -2.25. The zero-order chi connectivity index (χ0) is 13.6. The Labute approximate surface area is 128 Å². The first kappa shape index (κ1) is 18.7. The van der Waals surface area contributed by atoms with Gasteiger partial charge in [-0.2, -0.15) is 0 Å². The molecule has 6 heteroatoms. The molecular formula is C13H21BrClNO3. The fourth-order valence-corrected chi connectivity index (χ4v) is 1.50. The molecule has 1 aromatic carbocycles. The Morgan fingerprint density at radius 2 is 1.89 bits per heavy atom. The molecular weight excluding hydrogens is 334 g/mol. The van der Waals surface area contributed by atoms with E-state index in [1.165, 1.54) is 0 Å². The highest BCUT2D eigenvalue weighted by Crippen LogP contribution is 2.16. The summed E-state index contributed by atoms with van der Waals surface area (Å²) in [5.41, 5.74) is -0.390. The molecule has 1 unspecified atom stereocenters. The number of rotatable bonds is 7. The van der Waals surface area contributed by atoms with E-state index < -0.39 is 11.6 Å². The predicted octanol–water partition coefficient (Wildman–Crippen LogP) is 1.97. The van der Waals surface area contributed by atoms with Crippen molar-refractivity contribution in [1.82, 2.24) is 5.32 Å². The van der Waals surface area contributed by atoms with E-state index >= 15 is 0 Å². The molecule has 0 radical (unpaired) electrons. The summed E-state index contributed by atoms with van der Waals surface area (Å²) < 4.78 is 6.44. The second kappa shape index (κ2) is 8.76. The van der Waals surface area contributed by atoms with E-state index in [-0.39, 0.29) is 25.6 Å². The van der Waals surface area contributed by atoms with Crippen LogP contribution in [0, 0.1) is 0 Å². The van der Waals surface area contributed by atoms with Gasteiger partial charge in [0, 0.05) is 16.6 Å². The molecule has 0 aliphatic carbocycles. The number of halogens is 2. The van der Waals surface area contributed by atoms with Crippen molar-refractivity contribution in [2.24, 2.45) is 0 Å². The number of β-amino-alcohol motifs (C(OH)–C–C–N with tert-alkyl or cyclic N) is 1. The summed E-state index contributed by atoms with van der Waals surface area (Å²) in [6.45, 7) is 4.36. The van der Waals surface area contributed by atoms with E-state index in [0.29, 0.717) is 6.54 Å². The maximum Gasteiger partial charge on any atom is 0.119 e. The van der Waals surface area contributed by atoms with Gasteiger partial charge < -0.3 is 20.3 Å². The lowest BCUT2D eigenvalue weighted by atomic mass is 10.1. The number of nitrogens with one attached hydrogen (secondary N) is 1. The van der Waals surface area contributed by atoms with Crippen LogP contribution in [0.1, 0.15) is 13.8 Å². The van der Waals surface area contributed by atoms with Crippen molar-refractivity contribution in [1.29, 1.82) is 0 Å². The third-order valence-electron chi connectivity index (χ3n) is 2.47. The van der Waals surface area contributed by atoms with Gasteiger partial charge in [0.1, 0.15) is 18.5 Å². The van der Waals surface area contributed by atoms with Crippen LogP contribution in [0.4, 0.5) is 0 Å². The van der Waals surface area contributed by atoms with Crippen LogP contribution >= 0.6 is 28.3 Å². The molecule has 0 saturated heterocycles. The minimum absolute atomic E-state index is 0. The van der Waals surface area contributed by atoms with Crippen LogP contribution in [0.25, 0.3) is 0 Å². The van der Waals surface area contributed by atoms with Crippen molar-refractivity contribution >= 4 is 28.3 Å². The van der Waals surface area contributed by atoms with E-state index in [4.69, 9.17) is 9.84 Å². The summed E-state index contributed by atoms with van der Waals surface area (Å²) in [6, 6.07) is 7.44. The second-order valence-electron chi connectivity index (χ2n) is 4.84. The van der Waals surface area contributed by atoms with Gasteiger partial charge in [0.15, 0.2) is 0 Å². The summed E-state index contributed by atoms with van der Waals surface area (Å²) in [6.07, 6.45) is -0.612. The van der Waals surface area contributed by atoms with Gasteiger partial charge in [0.2, 0.25) is 0 Å². The van der Waals surface area contributed by atoms with Gasteiger partial charge in [-0.15, -0.1) is 12.4 Å². The van der Waals surface area contributed by atoms with Crippen molar-refractivity contribution in [3.05, 3.63) is 28.7 Å². The zero-order valence-corrected chi connectivity index (χ0v) is 13.5. The van der Waals surface area contributed by atoms with Gasteiger partial charge >= 0.3 is 0 Å². The third-order valence-corrected chi connectivity index (χ3v) is 3.00. The summed E-state index contributed by atoms with van der Waals surface area (Å²) in [4.78, 5) is 0. The van der Waals surface area contributed by atoms with Gasteiger partial charge in [-0.05, 0) is 38.1 Å². The zero-order valence-electron chi connectivity index (χ0n) is 11.1. The molecule has 0 spiro atoms. The SMILES string of the molecule is CC(C)(CO)NCC(O)COc1ccc(Br)cc1.Cl. The van der Waals surface area contributed by atoms with Gasteiger partial charge in [-0.25, -0.2) is 0 Å². The minimum atomic E-state index is -0.612. The highest BCUT2D eigenvalue weighted by molar-refractivity contribution is 9.10. The van der Waals surface area contributed by atoms with Crippen molar-refractivity contribution < 1.29 is 14.9 Å². The Morgan fingerprint density at radius 1 is 1.32 bits per heavy atom.